The summed E-state index contributed by atoms with van der Waals surface area (Å²) in [4.78, 5) is 12.1. The van der Waals surface area contributed by atoms with Gasteiger partial charge in [0.25, 0.3) is 5.91 Å². The van der Waals surface area contributed by atoms with E-state index in [9.17, 15) is 9.90 Å². The molecule has 122 valence electrons. The molecule has 0 saturated carbocycles. The quantitative estimate of drug-likeness (QED) is 0.856. The Balaban J connectivity index is 1.76. The van der Waals surface area contributed by atoms with Gasteiger partial charge in [-0.05, 0) is 70.6 Å². The predicted molar refractivity (Wildman–Crippen MR) is 88.6 cm³/mol. The van der Waals surface area contributed by atoms with Gasteiger partial charge in [0.15, 0.2) is 10.4 Å². The van der Waals surface area contributed by atoms with Crippen molar-refractivity contribution in [3.63, 3.8) is 0 Å². The Kier molecular flexibility index (Phi) is 4.46. The van der Waals surface area contributed by atoms with Gasteiger partial charge in [-0.1, -0.05) is 6.07 Å². The molecule has 1 aromatic heterocycles. The minimum atomic E-state index is -1.07. The average molecular weight is 380 g/mol. The summed E-state index contributed by atoms with van der Waals surface area (Å²) in [6.07, 6.45) is 2.36. The van der Waals surface area contributed by atoms with E-state index in [1.807, 2.05) is 18.2 Å². The van der Waals surface area contributed by atoms with Gasteiger partial charge < -0.3 is 19.6 Å². The Labute approximate surface area is 142 Å². The van der Waals surface area contributed by atoms with Gasteiger partial charge in [-0.25, -0.2) is 0 Å². The highest BCUT2D eigenvalue weighted by Crippen LogP contribution is 2.36. The van der Waals surface area contributed by atoms with Crippen molar-refractivity contribution in [3.05, 3.63) is 51.9 Å². The minimum absolute atomic E-state index is 0.142. The molecule has 0 saturated heterocycles. The molecule has 0 fully saturated rings. The standard InChI is InChI=1S/C17H18BrNO4/c1-22-12-4-5-13-11(9-12)3-2-8-17(13,21)10-19-16(20)14-6-7-15(18)23-14/h4-7,9,21H,2-3,8,10H2,1H3,(H,19,20). The Bertz CT molecular complexity index is 727. The Morgan fingerprint density at radius 3 is 2.96 bits per heavy atom. The summed E-state index contributed by atoms with van der Waals surface area (Å²) in [7, 11) is 1.62. The number of nitrogens with one attached hydrogen (secondary N) is 1. The molecule has 1 heterocycles. The molecule has 1 aliphatic carbocycles. The number of halogens is 1. The molecule has 2 N–H and O–H groups in total. The van der Waals surface area contributed by atoms with Crippen molar-refractivity contribution in [1.82, 2.24) is 5.32 Å². The number of carbonyl (C=O) groups excluding carboxylic acids is 1. The summed E-state index contributed by atoms with van der Waals surface area (Å²) < 4.78 is 11.0. The van der Waals surface area contributed by atoms with E-state index >= 15 is 0 Å². The van der Waals surface area contributed by atoms with Gasteiger partial charge in [-0.2, -0.15) is 0 Å². The number of aliphatic hydroxyl groups is 1. The van der Waals surface area contributed by atoms with Crippen molar-refractivity contribution in [2.24, 2.45) is 0 Å². The van der Waals surface area contributed by atoms with Crippen LogP contribution in [-0.4, -0.2) is 24.7 Å². The number of rotatable bonds is 4. The second kappa shape index (κ2) is 6.37. The van der Waals surface area contributed by atoms with Crippen molar-refractivity contribution < 1.29 is 19.1 Å². The summed E-state index contributed by atoms with van der Waals surface area (Å²) in [6.45, 7) is 0.142. The normalized spacial score (nSPS) is 20.0. The molecule has 5 nitrogen and oxygen atoms in total. The van der Waals surface area contributed by atoms with Crippen LogP contribution >= 0.6 is 15.9 Å². The number of ether oxygens (including phenoxy) is 1. The highest BCUT2D eigenvalue weighted by molar-refractivity contribution is 9.10. The molecule has 1 amide bonds. The molecule has 23 heavy (non-hydrogen) atoms. The minimum Gasteiger partial charge on any atom is -0.497 e. The third-order valence-electron chi connectivity index (χ3n) is 4.19. The van der Waals surface area contributed by atoms with Crippen LogP contribution in [0, 0.1) is 0 Å². The summed E-state index contributed by atoms with van der Waals surface area (Å²) in [5, 5.41) is 13.7. The molecule has 2 aromatic rings. The first-order valence-corrected chi connectivity index (χ1v) is 8.24. The largest absolute Gasteiger partial charge is 0.497 e. The number of hydrogen-bond acceptors (Lipinski definition) is 4. The fraction of sp³-hybridized carbons (Fsp3) is 0.353. The number of hydrogen-bond donors (Lipinski definition) is 2. The number of furan rings is 1. The summed E-state index contributed by atoms with van der Waals surface area (Å²) >= 11 is 3.17. The molecule has 0 radical (unpaired) electrons. The molecule has 1 atom stereocenters. The zero-order valence-electron chi connectivity index (χ0n) is 12.8. The number of carbonyl (C=O) groups is 1. The van der Waals surface area contributed by atoms with E-state index in [0.717, 1.165) is 29.7 Å². The zero-order valence-corrected chi connectivity index (χ0v) is 14.4. The van der Waals surface area contributed by atoms with Crippen LogP contribution in [0.25, 0.3) is 0 Å². The first kappa shape index (κ1) is 16.1. The summed E-state index contributed by atoms with van der Waals surface area (Å²) in [6, 6.07) is 8.91. The molecular weight excluding hydrogens is 362 g/mol. The van der Waals surface area contributed by atoms with Gasteiger partial charge in [0, 0.05) is 0 Å². The maximum Gasteiger partial charge on any atom is 0.287 e. The van der Waals surface area contributed by atoms with Crippen molar-refractivity contribution in [2.75, 3.05) is 13.7 Å². The Morgan fingerprint density at radius 1 is 1.43 bits per heavy atom. The van der Waals surface area contributed by atoms with E-state index in [2.05, 4.69) is 21.2 Å². The van der Waals surface area contributed by atoms with Crippen LogP contribution < -0.4 is 10.1 Å². The maximum atomic E-state index is 12.1. The van der Waals surface area contributed by atoms with Gasteiger partial charge in [0.1, 0.15) is 11.4 Å². The van der Waals surface area contributed by atoms with E-state index in [0.29, 0.717) is 11.1 Å². The van der Waals surface area contributed by atoms with Crippen molar-refractivity contribution in [1.29, 1.82) is 0 Å². The number of fused-ring (bicyclic) bond motifs is 1. The van der Waals surface area contributed by atoms with E-state index in [4.69, 9.17) is 9.15 Å². The van der Waals surface area contributed by atoms with Gasteiger partial charge in [0.2, 0.25) is 0 Å². The molecule has 0 bridgehead atoms. The van der Waals surface area contributed by atoms with Gasteiger partial charge in [0.05, 0.1) is 13.7 Å². The van der Waals surface area contributed by atoms with Crippen molar-refractivity contribution >= 4 is 21.8 Å². The van der Waals surface area contributed by atoms with Gasteiger partial charge in [-0.15, -0.1) is 0 Å². The average Bonchev–Trinajstić information content (AvgIpc) is 2.99. The van der Waals surface area contributed by atoms with Gasteiger partial charge >= 0.3 is 0 Å². The van der Waals surface area contributed by atoms with Crippen molar-refractivity contribution in [3.8, 4) is 5.75 Å². The molecule has 3 rings (SSSR count). The molecule has 1 unspecified atom stereocenters. The van der Waals surface area contributed by atoms with Crippen LogP contribution in [0.15, 0.2) is 39.4 Å². The summed E-state index contributed by atoms with van der Waals surface area (Å²) in [5.41, 5.74) is 0.845. The van der Waals surface area contributed by atoms with Crippen LogP contribution in [0.1, 0.15) is 34.5 Å². The lowest BCUT2D eigenvalue weighted by molar-refractivity contribution is 0.0185. The van der Waals surface area contributed by atoms with Crippen LogP contribution in [0.2, 0.25) is 0 Å². The number of methoxy groups -OCH3 is 1. The van der Waals surface area contributed by atoms with Crippen molar-refractivity contribution in [2.45, 2.75) is 24.9 Å². The number of benzene rings is 1. The number of aryl methyl sites for hydroxylation is 1. The van der Waals surface area contributed by atoms with E-state index < -0.39 is 5.60 Å². The third kappa shape index (κ3) is 3.28. The van der Waals surface area contributed by atoms with E-state index in [1.165, 1.54) is 0 Å². The monoisotopic (exact) mass is 379 g/mol. The zero-order chi connectivity index (χ0) is 16.4. The molecule has 1 aromatic carbocycles. The SMILES string of the molecule is COc1ccc2c(c1)CCCC2(O)CNC(=O)c1ccc(Br)o1. The van der Waals surface area contributed by atoms with E-state index in [1.54, 1.807) is 19.2 Å². The second-order valence-electron chi connectivity index (χ2n) is 5.69. The van der Waals surface area contributed by atoms with Gasteiger partial charge in [-0.3, -0.25) is 4.79 Å². The van der Waals surface area contributed by atoms with Crippen LogP contribution in [0.5, 0.6) is 5.75 Å². The first-order chi connectivity index (χ1) is 11.0. The molecular formula is C17H18BrNO4. The maximum absolute atomic E-state index is 12.1. The molecule has 0 spiro atoms. The molecule has 6 heteroatoms. The predicted octanol–water partition coefficient (Wildman–Crippen LogP) is 3.00. The topological polar surface area (TPSA) is 71.7 Å². The van der Waals surface area contributed by atoms with E-state index in [-0.39, 0.29) is 18.2 Å². The Hall–Kier alpha value is -1.79. The second-order valence-corrected chi connectivity index (χ2v) is 6.48. The number of amides is 1. The van der Waals surface area contributed by atoms with Crippen LogP contribution in [0.4, 0.5) is 0 Å². The molecule has 1 aliphatic rings. The highest BCUT2D eigenvalue weighted by Gasteiger charge is 2.35. The highest BCUT2D eigenvalue weighted by atomic mass is 79.9. The fourth-order valence-electron chi connectivity index (χ4n) is 3.00. The lowest BCUT2D eigenvalue weighted by atomic mass is 9.79. The fourth-order valence-corrected chi connectivity index (χ4v) is 3.30. The Morgan fingerprint density at radius 2 is 2.26 bits per heavy atom. The van der Waals surface area contributed by atoms with Crippen LogP contribution in [-0.2, 0) is 12.0 Å². The molecule has 0 aliphatic heterocycles. The smallest absolute Gasteiger partial charge is 0.287 e. The first-order valence-electron chi connectivity index (χ1n) is 7.45. The third-order valence-corrected chi connectivity index (χ3v) is 4.61. The lowest BCUT2D eigenvalue weighted by Gasteiger charge is -2.34. The summed E-state index contributed by atoms with van der Waals surface area (Å²) in [5.74, 6) is 0.647. The van der Waals surface area contributed by atoms with Crippen LogP contribution in [0.3, 0.4) is 0 Å². The lowest BCUT2D eigenvalue weighted by Crippen LogP contribution is -2.42.